The van der Waals surface area contributed by atoms with Crippen LogP contribution in [0.3, 0.4) is 0 Å². The zero-order chi connectivity index (χ0) is 11.7. The molecule has 16 heavy (non-hydrogen) atoms. The number of ether oxygens (including phenoxy) is 1. The first-order chi connectivity index (χ1) is 7.67. The minimum Gasteiger partial charge on any atom is -0.468 e. The van der Waals surface area contributed by atoms with Crippen molar-refractivity contribution in [1.82, 2.24) is 10.2 Å². The molecule has 0 aromatic heterocycles. The second kappa shape index (κ2) is 4.72. The smallest absolute Gasteiger partial charge is 0.323 e. The number of nitrogens with one attached hydrogen (secondary N) is 1. The van der Waals surface area contributed by atoms with Gasteiger partial charge in [0.1, 0.15) is 6.04 Å². The van der Waals surface area contributed by atoms with E-state index in [1.165, 1.54) is 20.0 Å². The Balaban J connectivity index is 2.03. The van der Waals surface area contributed by atoms with Gasteiger partial charge in [-0.1, -0.05) is 0 Å². The van der Waals surface area contributed by atoms with E-state index in [0.717, 1.165) is 12.8 Å². The highest BCUT2D eigenvalue weighted by molar-refractivity contribution is 5.76. The molecule has 2 saturated heterocycles. The van der Waals surface area contributed by atoms with Gasteiger partial charge in [-0.3, -0.25) is 4.79 Å². The lowest BCUT2D eigenvalue weighted by Gasteiger charge is -2.38. The number of hydrogen-bond donors (Lipinski definition) is 1. The summed E-state index contributed by atoms with van der Waals surface area (Å²) >= 11 is 0. The third-order valence-electron chi connectivity index (χ3n) is 4.37. The molecule has 2 bridgehead atoms. The Kier molecular flexibility index (Phi) is 3.50. The molecule has 0 spiro atoms. The summed E-state index contributed by atoms with van der Waals surface area (Å²) in [5.74, 6) is 0.322. The van der Waals surface area contributed by atoms with Crippen molar-refractivity contribution in [1.29, 1.82) is 0 Å². The minimum absolute atomic E-state index is 0.114. The van der Waals surface area contributed by atoms with Crippen LogP contribution in [-0.4, -0.2) is 50.2 Å². The summed E-state index contributed by atoms with van der Waals surface area (Å²) in [5.41, 5.74) is 0. The normalized spacial score (nSPS) is 36.1. The van der Waals surface area contributed by atoms with E-state index < -0.39 is 0 Å². The van der Waals surface area contributed by atoms with E-state index in [2.05, 4.69) is 17.3 Å². The molecule has 4 nitrogen and oxygen atoms in total. The molecular weight excluding hydrogens is 204 g/mol. The van der Waals surface area contributed by atoms with Crippen LogP contribution in [0.1, 0.15) is 25.7 Å². The van der Waals surface area contributed by atoms with E-state index >= 15 is 0 Å². The highest BCUT2D eigenvalue weighted by Crippen LogP contribution is 2.38. The first kappa shape index (κ1) is 11.9. The standard InChI is InChI=1S/C12H22N2O2/c1-13-11(12(15)16-3)8-6-9-4-5-10(7-8)14(9)2/h8-11,13H,4-7H2,1-3H3. The van der Waals surface area contributed by atoms with Crippen molar-refractivity contribution in [2.75, 3.05) is 21.2 Å². The van der Waals surface area contributed by atoms with Crippen LogP contribution < -0.4 is 5.32 Å². The molecule has 1 N–H and O–H groups in total. The van der Waals surface area contributed by atoms with Crippen LogP contribution in [0.2, 0.25) is 0 Å². The first-order valence-corrected chi connectivity index (χ1v) is 6.14. The predicted molar refractivity (Wildman–Crippen MR) is 62.2 cm³/mol. The summed E-state index contributed by atoms with van der Waals surface area (Å²) in [5, 5.41) is 3.11. The summed E-state index contributed by atoms with van der Waals surface area (Å²) in [6.45, 7) is 0. The zero-order valence-corrected chi connectivity index (χ0v) is 10.4. The molecule has 0 aromatic rings. The van der Waals surface area contributed by atoms with Crippen molar-refractivity contribution in [3.8, 4) is 0 Å². The Morgan fingerprint density at radius 2 is 1.94 bits per heavy atom. The number of methoxy groups -OCH3 is 1. The summed E-state index contributed by atoms with van der Waals surface area (Å²) in [4.78, 5) is 14.1. The van der Waals surface area contributed by atoms with Crippen molar-refractivity contribution in [3.63, 3.8) is 0 Å². The predicted octanol–water partition coefficient (Wildman–Crippen LogP) is 0.620. The quantitative estimate of drug-likeness (QED) is 0.716. The summed E-state index contributed by atoms with van der Waals surface area (Å²) in [6.07, 6.45) is 4.81. The fourth-order valence-corrected chi connectivity index (χ4v) is 3.40. The molecule has 2 heterocycles. The maximum absolute atomic E-state index is 11.7. The number of likely N-dealkylation sites (N-methyl/N-ethyl adjacent to an activating group) is 1. The highest BCUT2D eigenvalue weighted by atomic mass is 16.5. The molecule has 2 fully saturated rings. The van der Waals surface area contributed by atoms with Crippen LogP contribution in [0.15, 0.2) is 0 Å². The molecule has 2 aliphatic rings. The van der Waals surface area contributed by atoms with E-state index in [0.29, 0.717) is 18.0 Å². The molecule has 92 valence electrons. The lowest BCUT2D eigenvalue weighted by Crippen LogP contribution is -2.49. The Bertz CT molecular complexity index is 256. The summed E-state index contributed by atoms with van der Waals surface area (Å²) < 4.78 is 4.86. The number of fused-ring (bicyclic) bond motifs is 2. The average molecular weight is 226 g/mol. The number of hydrogen-bond acceptors (Lipinski definition) is 4. The van der Waals surface area contributed by atoms with E-state index in [4.69, 9.17) is 4.74 Å². The van der Waals surface area contributed by atoms with Gasteiger partial charge in [-0.05, 0) is 45.7 Å². The summed E-state index contributed by atoms with van der Waals surface area (Å²) in [7, 11) is 5.53. The Morgan fingerprint density at radius 1 is 1.38 bits per heavy atom. The topological polar surface area (TPSA) is 41.6 Å². The largest absolute Gasteiger partial charge is 0.468 e. The molecule has 0 radical (unpaired) electrons. The van der Waals surface area contributed by atoms with Crippen LogP contribution in [0.4, 0.5) is 0 Å². The lowest BCUT2D eigenvalue weighted by molar-refractivity contribution is -0.145. The molecule has 0 aromatic carbocycles. The van der Waals surface area contributed by atoms with Gasteiger partial charge < -0.3 is 15.0 Å². The molecule has 0 aliphatic carbocycles. The third kappa shape index (κ3) is 1.96. The summed E-state index contributed by atoms with van der Waals surface area (Å²) in [6, 6.07) is 1.22. The number of rotatable bonds is 3. The number of nitrogens with zero attached hydrogens (tertiary/aromatic N) is 1. The fraction of sp³-hybridized carbons (Fsp3) is 0.917. The molecule has 4 heteroatoms. The fourth-order valence-electron chi connectivity index (χ4n) is 3.40. The third-order valence-corrected chi connectivity index (χ3v) is 4.37. The van der Waals surface area contributed by atoms with Gasteiger partial charge >= 0.3 is 5.97 Å². The zero-order valence-electron chi connectivity index (χ0n) is 10.4. The second-order valence-corrected chi connectivity index (χ2v) is 5.07. The van der Waals surface area contributed by atoms with Gasteiger partial charge in [0.25, 0.3) is 0 Å². The van der Waals surface area contributed by atoms with E-state index in [1.54, 1.807) is 0 Å². The van der Waals surface area contributed by atoms with Crippen LogP contribution in [-0.2, 0) is 9.53 Å². The van der Waals surface area contributed by atoms with E-state index in [9.17, 15) is 4.79 Å². The maximum Gasteiger partial charge on any atom is 0.323 e. The molecule has 0 saturated carbocycles. The van der Waals surface area contributed by atoms with Gasteiger partial charge in [0.15, 0.2) is 0 Å². The molecule has 2 aliphatic heterocycles. The number of piperidine rings is 1. The number of carbonyl (C=O) groups excluding carboxylic acids is 1. The first-order valence-electron chi connectivity index (χ1n) is 6.14. The Morgan fingerprint density at radius 3 is 2.38 bits per heavy atom. The van der Waals surface area contributed by atoms with Gasteiger partial charge in [0, 0.05) is 12.1 Å². The van der Waals surface area contributed by atoms with Gasteiger partial charge in [0.2, 0.25) is 0 Å². The number of carbonyl (C=O) groups is 1. The maximum atomic E-state index is 11.7. The monoisotopic (exact) mass is 226 g/mol. The Hall–Kier alpha value is -0.610. The van der Waals surface area contributed by atoms with Crippen LogP contribution in [0.5, 0.6) is 0 Å². The van der Waals surface area contributed by atoms with Crippen molar-refractivity contribution >= 4 is 5.97 Å². The van der Waals surface area contributed by atoms with Crippen molar-refractivity contribution in [2.24, 2.45) is 5.92 Å². The molecule has 0 amide bonds. The van der Waals surface area contributed by atoms with Crippen LogP contribution in [0.25, 0.3) is 0 Å². The molecule has 2 rings (SSSR count). The van der Waals surface area contributed by atoms with E-state index in [1.807, 2.05) is 7.05 Å². The average Bonchev–Trinajstić information content (AvgIpc) is 2.54. The molecule has 3 atom stereocenters. The lowest BCUT2D eigenvalue weighted by atomic mass is 9.85. The van der Waals surface area contributed by atoms with Gasteiger partial charge in [0.05, 0.1) is 7.11 Å². The van der Waals surface area contributed by atoms with E-state index in [-0.39, 0.29) is 12.0 Å². The van der Waals surface area contributed by atoms with Gasteiger partial charge in [-0.25, -0.2) is 0 Å². The van der Waals surface area contributed by atoms with Crippen LogP contribution in [0, 0.1) is 5.92 Å². The SMILES string of the molecule is CNC(C(=O)OC)C1CC2CCC(C1)N2C. The molecular formula is C12H22N2O2. The van der Waals surface area contributed by atoms with Crippen molar-refractivity contribution in [2.45, 2.75) is 43.8 Å². The minimum atomic E-state index is -0.123. The number of esters is 1. The van der Waals surface area contributed by atoms with Gasteiger partial charge in [-0.15, -0.1) is 0 Å². The molecule has 3 unspecified atom stereocenters. The highest BCUT2D eigenvalue weighted by Gasteiger charge is 2.42. The second-order valence-electron chi connectivity index (χ2n) is 5.07. The van der Waals surface area contributed by atoms with Crippen molar-refractivity contribution in [3.05, 3.63) is 0 Å². The Labute approximate surface area is 97.3 Å². The van der Waals surface area contributed by atoms with Crippen LogP contribution >= 0.6 is 0 Å². The van der Waals surface area contributed by atoms with Crippen molar-refractivity contribution < 1.29 is 9.53 Å². The van der Waals surface area contributed by atoms with Gasteiger partial charge in [-0.2, -0.15) is 0 Å².